The van der Waals surface area contributed by atoms with Gasteiger partial charge in [-0.2, -0.15) is 0 Å². The monoisotopic (exact) mass is 749 g/mol. The molecule has 1 heterocycles. The molecule has 1 unspecified atom stereocenters. The summed E-state index contributed by atoms with van der Waals surface area (Å²) in [5.41, 5.74) is 0. The lowest BCUT2D eigenvalue weighted by Crippen LogP contribution is -2.59. The largest absolute Gasteiger partial charge is 0.458 e. The molecule has 1 aliphatic heterocycles. The number of carbonyl (C=O) groups excluding carboxylic acids is 2. The molecule has 1 saturated heterocycles. The van der Waals surface area contributed by atoms with E-state index in [-0.39, 0.29) is 19.6 Å². The maximum Gasteiger partial charge on any atom is 0.330 e. The summed E-state index contributed by atoms with van der Waals surface area (Å²) in [5, 5.41) is 39.9. The molecule has 0 aliphatic carbocycles. The second-order valence-electron chi connectivity index (χ2n) is 13.9. The first kappa shape index (κ1) is 48.4. The van der Waals surface area contributed by atoms with Crippen LogP contribution in [-0.2, 0) is 28.5 Å². The molecule has 304 valence electrons. The molecular formula is C43H72O10. The minimum atomic E-state index is -1.61. The molecule has 0 spiro atoms. The second-order valence-corrected chi connectivity index (χ2v) is 13.9. The lowest BCUT2D eigenvalue weighted by atomic mass is 9.99. The number of aliphatic hydroxyl groups excluding tert-OH is 4. The van der Waals surface area contributed by atoms with E-state index in [1.165, 1.54) is 102 Å². The van der Waals surface area contributed by atoms with E-state index < -0.39 is 55.4 Å². The molecule has 10 nitrogen and oxygen atoms in total. The zero-order chi connectivity index (χ0) is 38.8. The Kier molecular flexibility index (Phi) is 31.0. The molecule has 10 heteroatoms. The Morgan fingerprint density at radius 2 is 1.13 bits per heavy atom. The van der Waals surface area contributed by atoms with Gasteiger partial charge in [0.1, 0.15) is 31.0 Å². The van der Waals surface area contributed by atoms with Crippen LogP contribution in [0.1, 0.15) is 142 Å². The van der Waals surface area contributed by atoms with Gasteiger partial charge in [-0.05, 0) is 19.3 Å². The van der Waals surface area contributed by atoms with Gasteiger partial charge in [-0.15, -0.1) is 0 Å². The Morgan fingerprint density at radius 3 is 1.70 bits per heavy atom. The van der Waals surface area contributed by atoms with E-state index in [1.54, 1.807) is 12.2 Å². The summed E-state index contributed by atoms with van der Waals surface area (Å²) in [7, 11) is 0. The third-order valence-electron chi connectivity index (χ3n) is 9.11. The van der Waals surface area contributed by atoms with Gasteiger partial charge in [0.05, 0.1) is 13.2 Å². The number of hydrogen-bond acceptors (Lipinski definition) is 10. The molecule has 53 heavy (non-hydrogen) atoms. The highest BCUT2D eigenvalue weighted by Gasteiger charge is 2.44. The molecule has 0 radical (unpaired) electrons. The van der Waals surface area contributed by atoms with Crippen molar-refractivity contribution in [2.24, 2.45) is 0 Å². The van der Waals surface area contributed by atoms with Crippen LogP contribution in [0.3, 0.4) is 0 Å². The molecule has 1 fully saturated rings. The molecule has 0 bridgehead atoms. The SMILES string of the molecule is CCCCCCCCCC=CC=CC=CC=CC=CC(=O)OCC(CO[C@@H]1O[C@H](CO)[C@H](O)[C@H](O)[C@@H]1O)OC(=O)CCCCCCCCCCCCC. The summed E-state index contributed by atoms with van der Waals surface area (Å²) >= 11 is 0. The van der Waals surface area contributed by atoms with Crippen molar-refractivity contribution < 1.29 is 49.0 Å². The fourth-order valence-corrected chi connectivity index (χ4v) is 5.84. The Labute approximate surface area is 320 Å². The van der Waals surface area contributed by atoms with Crippen LogP contribution in [0.25, 0.3) is 0 Å². The number of rotatable bonds is 32. The van der Waals surface area contributed by atoms with E-state index in [0.29, 0.717) is 6.42 Å². The highest BCUT2D eigenvalue weighted by Crippen LogP contribution is 2.22. The maximum atomic E-state index is 12.7. The molecular weight excluding hydrogens is 676 g/mol. The van der Waals surface area contributed by atoms with Crippen molar-refractivity contribution in [1.29, 1.82) is 0 Å². The topological polar surface area (TPSA) is 152 Å². The van der Waals surface area contributed by atoms with Crippen molar-refractivity contribution in [2.75, 3.05) is 19.8 Å². The summed E-state index contributed by atoms with van der Waals surface area (Å²) in [4.78, 5) is 25.1. The van der Waals surface area contributed by atoms with Crippen LogP contribution >= 0.6 is 0 Å². The zero-order valence-electron chi connectivity index (χ0n) is 32.7. The molecule has 0 amide bonds. The van der Waals surface area contributed by atoms with Gasteiger partial charge in [0.2, 0.25) is 0 Å². The highest BCUT2D eigenvalue weighted by atomic mass is 16.7. The van der Waals surface area contributed by atoms with E-state index in [4.69, 9.17) is 18.9 Å². The van der Waals surface area contributed by atoms with Crippen LogP contribution in [0, 0.1) is 0 Å². The Bertz CT molecular complexity index is 1050. The Morgan fingerprint density at radius 1 is 0.623 bits per heavy atom. The van der Waals surface area contributed by atoms with Crippen molar-refractivity contribution in [1.82, 2.24) is 0 Å². The van der Waals surface area contributed by atoms with Crippen LogP contribution in [-0.4, -0.2) is 89.0 Å². The smallest absolute Gasteiger partial charge is 0.330 e. The molecule has 4 N–H and O–H groups in total. The van der Waals surface area contributed by atoms with Gasteiger partial charge in [-0.25, -0.2) is 4.79 Å². The molecule has 0 saturated carbocycles. The number of esters is 2. The summed E-state index contributed by atoms with van der Waals surface area (Å²) in [6.45, 7) is 3.21. The van der Waals surface area contributed by atoms with Gasteiger partial charge in [-0.3, -0.25) is 4.79 Å². The van der Waals surface area contributed by atoms with Gasteiger partial charge in [0.15, 0.2) is 12.4 Å². The van der Waals surface area contributed by atoms with Gasteiger partial charge < -0.3 is 39.4 Å². The summed E-state index contributed by atoms with van der Waals surface area (Å²) in [6.07, 6.45) is 33.0. The summed E-state index contributed by atoms with van der Waals surface area (Å²) in [6, 6.07) is 0. The number of aliphatic hydroxyl groups is 4. The summed E-state index contributed by atoms with van der Waals surface area (Å²) in [5.74, 6) is -1.12. The fourth-order valence-electron chi connectivity index (χ4n) is 5.84. The maximum absolute atomic E-state index is 12.7. The zero-order valence-corrected chi connectivity index (χ0v) is 32.7. The van der Waals surface area contributed by atoms with E-state index in [0.717, 1.165) is 25.7 Å². The lowest BCUT2D eigenvalue weighted by molar-refractivity contribution is -0.305. The van der Waals surface area contributed by atoms with Crippen LogP contribution < -0.4 is 0 Å². The average Bonchev–Trinajstić information content (AvgIpc) is 3.15. The Hall–Kier alpha value is -2.60. The number of allylic oxidation sites excluding steroid dienone is 9. The first-order valence-electron chi connectivity index (χ1n) is 20.5. The number of hydrogen-bond donors (Lipinski definition) is 4. The number of unbranched alkanes of at least 4 members (excludes halogenated alkanes) is 17. The van der Waals surface area contributed by atoms with E-state index >= 15 is 0 Å². The standard InChI is InChI=1S/C43H72O10/c1-3-5-7-9-11-13-15-16-17-18-19-20-22-23-25-27-29-31-38(45)50-34-36(35-51-43-42(49)41(48)40(47)37(33-44)53-43)52-39(46)32-30-28-26-24-21-14-12-10-8-6-4-2/h17-20,22-23,25,27,29,31,36-37,40-44,47-49H,3-16,21,24,26,28,30,32-35H2,1-2H3/t36?,37-,40+,41+,42+,43-/m1/s1. The van der Waals surface area contributed by atoms with Crippen molar-refractivity contribution >= 4 is 11.9 Å². The second kappa shape index (κ2) is 33.9. The highest BCUT2D eigenvalue weighted by molar-refractivity contribution is 5.82. The molecule has 1 aliphatic rings. The van der Waals surface area contributed by atoms with Crippen molar-refractivity contribution in [3.05, 3.63) is 60.8 Å². The van der Waals surface area contributed by atoms with E-state index in [2.05, 4.69) is 26.0 Å². The molecule has 0 aromatic heterocycles. The molecule has 0 aromatic carbocycles. The third kappa shape index (κ3) is 25.9. The van der Waals surface area contributed by atoms with Crippen LogP contribution in [0.2, 0.25) is 0 Å². The Balaban J connectivity index is 2.49. The lowest BCUT2D eigenvalue weighted by Gasteiger charge is -2.39. The number of carbonyl (C=O) groups is 2. The van der Waals surface area contributed by atoms with Crippen LogP contribution in [0.5, 0.6) is 0 Å². The van der Waals surface area contributed by atoms with Crippen molar-refractivity contribution in [3.63, 3.8) is 0 Å². The normalized spacial score (nSPS) is 21.5. The molecule has 0 aromatic rings. The molecule has 1 rings (SSSR count). The fraction of sp³-hybridized carbons (Fsp3) is 0.721. The van der Waals surface area contributed by atoms with Gasteiger partial charge in [0, 0.05) is 12.5 Å². The van der Waals surface area contributed by atoms with Gasteiger partial charge in [-0.1, -0.05) is 171 Å². The summed E-state index contributed by atoms with van der Waals surface area (Å²) < 4.78 is 21.8. The predicted molar refractivity (Wildman–Crippen MR) is 210 cm³/mol. The van der Waals surface area contributed by atoms with Crippen molar-refractivity contribution in [2.45, 2.75) is 179 Å². The minimum absolute atomic E-state index is 0.199. The average molecular weight is 749 g/mol. The van der Waals surface area contributed by atoms with Crippen LogP contribution in [0.4, 0.5) is 0 Å². The first-order valence-corrected chi connectivity index (χ1v) is 20.5. The third-order valence-corrected chi connectivity index (χ3v) is 9.11. The molecule has 6 atom stereocenters. The van der Waals surface area contributed by atoms with Gasteiger partial charge in [0.25, 0.3) is 0 Å². The minimum Gasteiger partial charge on any atom is -0.458 e. The van der Waals surface area contributed by atoms with Crippen molar-refractivity contribution in [3.8, 4) is 0 Å². The van der Waals surface area contributed by atoms with E-state index in [9.17, 15) is 30.0 Å². The predicted octanol–water partition coefficient (Wildman–Crippen LogP) is 7.88. The number of ether oxygens (including phenoxy) is 4. The van der Waals surface area contributed by atoms with Crippen LogP contribution in [0.15, 0.2) is 60.8 Å². The van der Waals surface area contributed by atoms with E-state index in [1.807, 2.05) is 24.3 Å². The van der Waals surface area contributed by atoms with Gasteiger partial charge >= 0.3 is 11.9 Å². The quantitative estimate of drug-likeness (QED) is 0.0231. The first-order chi connectivity index (χ1) is 25.8.